The van der Waals surface area contributed by atoms with E-state index in [1.54, 1.807) is 18.2 Å². The SMILES string of the molecule is CC[C@H](Cc1ccccc1F)C[C@@H](CN)C(=O)O. The summed E-state index contributed by atoms with van der Waals surface area (Å²) in [6.45, 7) is 2.12. The van der Waals surface area contributed by atoms with E-state index in [4.69, 9.17) is 10.8 Å². The minimum atomic E-state index is -0.871. The molecule has 0 aliphatic carbocycles. The fraction of sp³-hybridized carbons (Fsp3) is 0.500. The van der Waals surface area contributed by atoms with E-state index in [1.165, 1.54) is 6.07 Å². The van der Waals surface area contributed by atoms with Crippen LogP contribution in [0.2, 0.25) is 0 Å². The van der Waals surface area contributed by atoms with Gasteiger partial charge in [-0.2, -0.15) is 0 Å². The Morgan fingerprint density at radius 2 is 2.11 bits per heavy atom. The van der Waals surface area contributed by atoms with E-state index in [0.717, 1.165) is 6.42 Å². The minimum Gasteiger partial charge on any atom is -0.481 e. The number of hydrogen-bond acceptors (Lipinski definition) is 2. The molecule has 0 aromatic heterocycles. The van der Waals surface area contributed by atoms with Crippen LogP contribution in [0.25, 0.3) is 0 Å². The summed E-state index contributed by atoms with van der Waals surface area (Å²) in [5.74, 6) is -1.49. The van der Waals surface area contributed by atoms with Crippen molar-refractivity contribution >= 4 is 5.97 Å². The van der Waals surface area contributed by atoms with Crippen LogP contribution in [0, 0.1) is 17.7 Å². The van der Waals surface area contributed by atoms with Crippen molar-refractivity contribution in [3.8, 4) is 0 Å². The molecule has 1 rings (SSSR count). The Bertz CT molecular complexity index is 395. The van der Waals surface area contributed by atoms with Crippen LogP contribution in [0.3, 0.4) is 0 Å². The van der Waals surface area contributed by atoms with Crippen molar-refractivity contribution < 1.29 is 14.3 Å². The van der Waals surface area contributed by atoms with Crippen LogP contribution in [0.5, 0.6) is 0 Å². The molecule has 18 heavy (non-hydrogen) atoms. The Kier molecular flexibility index (Phi) is 5.78. The normalized spacial score (nSPS) is 14.2. The summed E-state index contributed by atoms with van der Waals surface area (Å²) >= 11 is 0. The van der Waals surface area contributed by atoms with Gasteiger partial charge in [-0.15, -0.1) is 0 Å². The van der Waals surface area contributed by atoms with Gasteiger partial charge in [0.1, 0.15) is 5.82 Å². The average molecular weight is 253 g/mol. The predicted molar refractivity (Wildman–Crippen MR) is 68.7 cm³/mol. The lowest BCUT2D eigenvalue weighted by atomic mass is 9.87. The Labute approximate surface area is 107 Å². The van der Waals surface area contributed by atoms with Crippen molar-refractivity contribution in [1.29, 1.82) is 0 Å². The molecule has 0 heterocycles. The second-order valence-electron chi connectivity index (χ2n) is 4.58. The van der Waals surface area contributed by atoms with Gasteiger partial charge in [0.05, 0.1) is 5.92 Å². The number of halogens is 1. The molecule has 0 saturated carbocycles. The van der Waals surface area contributed by atoms with Crippen LogP contribution in [0.4, 0.5) is 4.39 Å². The molecule has 1 aromatic carbocycles. The fourth-order valence-corrected chi connectivity index (χ4v) is 2.07. The molecule has 0 amide bonds. The van der Waals surface area contributed by atoms with Crippen molar-refractivity contribution in [1.82, 2.24) is 0 Å². The Morgan fingerprint density at radius 3 is 2.61 bits per heavy atom. The van der Waals surface area contributed by atoms with Crippen LogP contribution in [0.1, 0.15) is 25.3 Å². The molecule has 100 valence electrons. The summed E-state index contributed by atoms with van der Waals surface area (Å²) in [5.41, 5.74) is 6.09. The second kappa shape index (κ2) is 7.11. The average Bonchev–Trinajstić information content (AvgIpc) is 2.36. The monoisotopic (exact) mass is 253 g/mol. The smallest absolute Gasteiger partial charge is 0.307 e. The Hall–Kier alpha value is -1.42. The molecule has 1 aromatic rings. The van der Waals surface area contributed by atoms with E-state index in [1.807, 2.05) is 6.92 Å². The molecule has 3 nitrogen and oxygen atoms in total. The van der Waals surface area contributed by atoms with Crippen LogP contribution in [-0.4, -0.2) is 17.6 Å². The van der Waals surface area contributed by atoms with E-state index in [2.05, 4.69) is 0 Å². The molecule has 0 spiro atoms. The van der Waals surface area contributed by atoms with Crippen molar-refractivity contribution in [2.45, 2.75) is 26.2 Å². The summed E-state index contributed by atoms with van der Waals surface area (Å²) in [7, 11) is 0. The van der Waals surface area contributed by atoms with Crippen molar-refractivity contribution in [3.05, 3.63) is 35.6 Å². The standard InChI is InChI=1S/C14H20FNO2/c1-2-10(8-12(9-16)14(17)18)7-11-5-3-4-6-13(11)15/h3-6,10,12H,2,7-9,16H2,1H3,(H,17,18)/t10-,12+/m1/s1. The van der Waals surface area contributed by atoms with Crippen LogP contribution >= 0.6 is 0 Å². The van der Waals surface area contributed by atoms with E-state index in [9.17, 15) is 9.18 Å². The van der Waals surface area contributed by atoms with Gasteiger partial charge in [-0.25, -0.2) is 4.39 Å². The van der Waals surface area contributed by atoms with Gasteiger partial charge in [0.2, 0.25) is 0 Å². The van der Waals surface area contributed by atoms with Gasteiger partial charge in [-0.05, 0) is 30.4 Å². The lowest BCUT2D eigenvalue weighted by Gasteiger charge is -2.19. The molecule has 4 heteroatoms. The highest BCUT2D eigenvalue weighted by Gasteiger charge is 2.21. The number of carbonyl (C=O) groups is 1. The van der Waals surface area contributed by atoms with Gasteiger partial charge < -0.3 is 10.8 Å². The maximum atomic E-state index is 13.5. The first kappa shape index (κ1) is 14.6. The number of nitrogens with two attached hydrogens (primary N) is 1. The van der Waals surface area contributed by atoms with Gasteiger partial charge in [0.25, 0.3) is 0 Å². The highest BCUT2D eigenvalue weighted by molar-refractivity contribution is 5.70. The zero-order valence-corrected chi connectivity index (χ0v) is 10.6. The zero-order chi connectivity index (χ0) is 13.5. The highest BCUT2D eigenvalue weighted by Crippen LogP contribution is 2.22. The molecule has 0 radical (unpaired) electrons. The summed E-state index contributed by atoms with van der Waals surface area (Å²) in [5, 5.41) is 8.98. The van der Waals surface area contributed by atoms with Crippen molar-refractivity contribution in [2.75, 3.05) is 6.54 Å². The molecule has 0 aliphatic rings. The molecular weight excluding hydrogens is 233 g/mol. The zero-order valence-electron chi connectivity index (χ0n) is 10.6. The van der Waals surface area contributed by atoms with Crippen LogP contribution < -0.4 is 5.73 Å². The largest absolute Gasteiger partial charge is 0.481 e. The van der Waals surface area contributed by atoms with Crippen LogP contribution in [-0.2, 0) is 11.2 Å². The fourth-order valence-electron chi connectivity index (χ4n) is 2.07. The first-order valence-corrected chi connectivity index (χ1v) is 6.24. The number of hydrogen-bond donors (Lipinski definition) is 2. The number of benzene rings is 1. The minimum absolute atomic E-state index is 0.128. The summed E-state index contributed by atoms with van der Waals surface area (Å²) in [4.78, 5) is 10.9. The van der Waals surface area contributed by atoms with E-state index in [0.29, 0.717) is 18.4 Å². The summed E-state index contributed by atoms with van der Waals surface area (Å²) in [6.07, 6.45) is 1.88. The molecule has 3 N–H and O–H groups in total. The molecule has 0 aliphatic heterocycles. The summed E-state index contributed by atoms with van der Waals surface area (Å²) < 4.78 is 13.5. The van der Waals surface area contributed by atoms with Gasteiger partial charge in [0.15, 0.2) is 0 Å². The lowest BCUT2D eigenvalue weighted by molar-refractivity contribution is -0.142. The maximum Gasteiger partial charge on any atom is 0.307 e. The van der Waals surface area contributed by atoms with Crippen LogP contribution in [0.15, 0.2) is 24.3 Å². The van der Waals surface area contributed by atoms with Gasteiger partial charge in [0, 0.05) is 6.54 Å². The van der Waals surface area contributed by atoms with Gasteiger partial charge in [-0.1, -0.05) is 31.5 Å². The topological polar surface area (TPSA) is 63.3 Å². The third-order valence-electron chi connectivity index (χ3n) is 3.30. The molecular formula is C14H20FNO2. The quantitative estimate of drug-likeness (QED) is 0.784. The van der Waals surface area contributed by atoms with Crippen molar-refractivity contribution in [2.24, 2.45) is 17.6 Å². The van der Waals surface area contributed by atoms with E-state index < -0.39 is 11.9 Å². The molecule has 2 atom stereocenters. The third-order valence-corrected chi connectivity index (χ3v) is 3.30. The highest BCUT2D eigenvalue weighted by atomic mass is 19.1. The summed E-state index contributed by atoms with van der Waals surface area (Å²) in [6, 6.07) is 6.62. The van der Waals surface area contributed by atoms with E-state index >= 15 is 0 Å². The third kappa shape index (κ3) is 4.11. The second-order valence-corrected chi connectivity index (χ2v) is 4.58. The molecule has 0 unspecified atom stereocenters. The van der Waals surface area contributed by atoms with E-state index in [-0.39, 0.29) is 18.3 Å². The molecule has 0 fully saturated rings. The molecule has 0 saturated heterocycles. The Balaban J connectivity index is 2.68. The Morgan fingerprint density at radius 1 is 1.44 bits per heavy atom. The maximum absolute atomic E-state index is 13.5. The lowest BCUT2D eigenvalue weighted by Crippen LogP contribution is -2.26. The number of aliphatic carboxylic acids is 1. The number of carboxylic acids is 1. The predicted octanol–water partition coefficient (Wildman–Crippen LogP) is 2.44. The van der Waals surface area contributed by atoms with Gasteiger partial charge in [-0.3, -0.25) is 4.79 Å². The first-order chi connectivity index (χ1) is 8.58. The number of rotatable bonds is 7. The first-order valence-electron chi connectivity index (χ1n) is 6.24. The molecule has 0 bridgehead atoms. The van der Waals surface area contributed by atoms with Gasteiger partial charge >= 0.3 is 5.97 Å². The number of carboxylic acid groups (broad SMARTS) is 1. The van der Waals surface area contributed by atoms with Crippen molar-refractivity contribution in [3.63, 3.8) is 0 Å².